The number of nitrogens with zero attached hydrogens (tertiary/aromatic N) is 4. The third-order valence-corrected chi connectivity index (χ3v) is 2.80. The first kappa shape index (κ1) is 9.53. The van der Waals surface area contributed by atoms with E-state index >= 15 is 0 Å². The summed E-state index contributed by atoms with van der Waals surface area (Å²) in [5.74, 6) is 1.81. The summed E-state index contributed by atoms with van der Waals surface area (Å²) in [6.45, 7) is 4.21. The Labute approximate surface area is 92.7 Å². The third-order valence-electron chi connectivity index (χ3n) is 2.80. The SMILES string of the molecule is Cc1[nH]cnc1-c1nnc2n1CCOCC2. The quantitative estimate of drug-likeness (QED) is 0.760. The van der Waals surface area contributed by atoms with Crippen molar-refractivity contribution in [1.82, 2.24) is 24.7 Å². The number of imidazole rings is 1. The fourth-order valence-electron chi connectivity index (χ4n) is 1.94. The molecule has 3 heterocycles. The van der Waals surface area contributed by atoms with Crippen molar-refractivity contribution in [3.8, 4) is 11.5 Å². The highest BCUT2D eigenvalue weighted by Gasteiger charge is 2.18. The van der Waals surface area contributed by atoms with Gasteiger partial charge in [-0.15, -0.1) is 10.2 Å². The van der Waals surface area contributed by atoms with Crippen LogP contribution in [0.25, 0.3) is 11.5 Å². The maximum Gasteiger partial charge on any atom is 0.184 e. The second-order valence-corrected chi connectivity index (χ2v) is 3.83. The van der Waals surface area contributed by atoms with Crippen LogP contribution in [0.3, 0.4) is 0 Å². The monoisotopic (exact) mass is 219 g/mol. The first-order valence-electron chi connectivity index (χ1n) is 5.36. The summed E-state index contributed by atoms with van der Waals surface area (Å²) in [7, 11) is 0. The molecule has 6 heteroatoms. The van der Waals surface area contributed by atoms with Crippen molar-refractivity contribution in [2.75, 3.05) is 13.2 Å². The van der Waals surface area contributed by atoms with Crippen LogP contribution in [0, 0.1) is 6.92 Å². The van der Waals surface area contributed by atoms with Gasteiger partial charge in [0, 0.05) is 18.7 Å². The number of hydrogen-bond acceptors (Lipinski definition) is 4. The van der Waals surface area contributed by atoms with E-state index in [0.29, 0.717) is 6.61 Å². The molecule has 1 N–H and O–H groups in total. The molecule has 3 rings (SSSR count). The fraction of sp³-hybridized carbons (Fsp3) is 0.500. The van der Waals surface area contributed by atoms with Crippen molar-refractivity contribution in [1.29, 1.82) is 0 Å². The van der Waals surface area contributed by atoms with Crippen LogP contribution in [0.4, 0.5) is 0 Å². The van der Waals surface area contributed by atoms with Crippen molar-refractivity contribution in [2.24, 2.45) is 0 Å². The topological polar surface area (TPSA) is 68.6 Å². The predicted octanol–water partition coefficient (Wildman–Crippen LogP) is 0.549. The molecule has 0 fully saturated rings. The van der Waals surface area contributed by atoms with E-state index in [9.17, 15) is 0 Å². The zero-order valence-electron chi connectivity index (χ0n) is 9.10. The number of fused-ring (bicyclic) bond motifs is 1. The number of ether oxygens (including phenoxy) is 1. The van der Waals surface area contributed by atoms with E-state index < -0.39 is 0 Å². The lowest BCUT2D eigenvalue weighted by Gasteiger charge is -2.04. The molecule has 0 aromatic carbocycles. The van der Waals surface area contributed by atoms with E-state index in [4.69, 9.17) is 4.74 Å². The van der Waals surface area contributed by atoms with E-state index in [-0.39, 0.29) is 0 Å². The molecular weight excluding hydrogens is 206 g/mol. The molecule has 0 bridgehead atoms. The van der Waals surface area contributed by atoms with Crippen LogP contribution in [0.15, 0.2) is 6.33 Å². The smallest absolute Gasteiger partial charge is 0.184 e. The molecule has 0 aliphatic carbocycles. The largest absolute Gasteiger partial charge is 0.379 e. The van der Waals surface area contributed by atoms with Crippen molar-refractivity contribution in [3.05, 3.63) is 17.8 Å². The van der Waals surface area contributed by atoms with Crippen molar-refractivity contribution in [3.63, 3.8) is 0 Å². The summed E-state index contributed by atoms with van der Waals surface area (Å²) in [5.41, 5.74) is 1.89. The standard InChI is InChI=1S/C10H13N5O/c1-7-9(12-6-11-7)10-14-13-8-2-4-16-5-3-15(8)10/h6H,2-5H2,1H3,(H,11,12). The highest BCUT2D eigenvalue weighted by atomic mass is 16.5. The summed E-state index contributed by atoms with van der Waals surface area (Å²) in [6.07, 6.45) is 2.50. The molecular formula is C10H13N5O. The Morgan fingerprint density at radius 1 is 1.38 bits per heavy atom. The molecule has 2 aromatic heterocycles. The van der Waals surface area contributed by atoms with E-state index in [1.165, 1.54) is 0 Å². The second-order valence-electron chi connectivity index (χ2n) is 3.83. The van der Waals surface area contributed by atoms with Crippen molar-refractivity contribution >= 4 is 0 Å². The number of hydrogen-bond donors (Lipinski definition) is 1. The minimum atomic E-state index is 0.710. The molecule has 1 aliphatic rings. The molecule has 0 atom stereocenters. The highest BCUT2D eigenvalue weighted by Crippen LogP contribution is 2.19. The maximum atomic E-state index is 5.42. The molecule has 0 spiro atoms. The summed E-state index contributed by atoms with van der Waals surface area (Å²) in [6, 6.07) is 0. The Hall–Kier alpha value is -1.69. The van der Waals surface area contributed by atoms with Crippen LogP contribution >= 0.6 is 0 Å². The molecule has 0 saturated heterocycles. The van der Waals surface area contributed by atoms with Crippen LogP contribution in [0.5, 0.6) is 0 Å². The van der Waals surface area contributed by atoms with Gasteiger partial charge in [-0.25, -0.2) is 4.98 Å². The first-order valence-corrected chi connectivity index (χ1v) is 5.36. The number of aryl methyl sites for hydroxylation is 1. The number of aromatic nitrogens is 5. The first-order chi connectivity index (χ1) is 7.86. The van der Waals surface area contributed by atoms with Crippen LogP contribution in [0.1, 0.15) is 11.5 Å². The Balaban J connectivity index is 2.09. The van der Waals surface area contributed by atoms with Gasteiger partial charge >= 0.3 is 0 Å². The molecule has 0 unspecified atom stereocenters. The summed E-state index contributed by atoms with van der Waals surface area (Å²) >= 11 is 0. The third kappa shape index (κ3) is 1.42. The van der Waals surface area contributed by atoms with Gasteiger partial charge in [-0.3, -0.25) is 0 Å². The van der Waals surface area contributed by atoms with Gasteiger partial charge in [0.05, 0.1) is 19.5 Å². The van der Waals surface area contributed by atoms with Gasteiger partial charge in [-0.1, -0.05) is 0 Å². The predicted molar refractivity (Wildman–Crippen MR) is 56.9 cm³/mol. The zero-order valence-corrected chi connectivity index (χ0v) is 9.10. The molecule has 1 aliphatic heterocycles. The Morgan fingerprint density at radius 2 is 2.31 bits per heavy atom. The minimum absolute atomic E-state index is 0.710. The molecule has 0 saturated carbocycles. The lowest BCUT2D eigenvalue weighted by Crippen LogP contribution is -2.06. The zero-order chi connectivity index (χ0) is 11.0. The summed E-state index contributed by atoms with van der Waals surface area (Å²) in [4.78, 5) is 7.33. The van der Waals surface area contributed by atoms with Gasteiger partial charge in [0.15, 0.2) is 5.82 Å². The average molecular weight is 219 g/mol. The average Bonchev–Trinajstić information content (AvgIpc) is 2.78. The van der Waals surface area contributed by atoms with Crippen molar-refractivity contribution in [2.45, 2.75) is 19.9 Å². The fourth-order valence-corrected chi connectivity index (χ4v) is 1.94. The molecule has 6 nitrogen and oxygen atoms in total. The molecule has 16 heavy (non-hydrogen) atoms. The van der Waals surface area contributed by atoms with Crippen LogP contribution in [0.2, 0.25) is 0 Å². The van der Waals surface area contributed by atoms with Gasteiger partial charge in [-0.2, -0.15) is 0 Å². The lowest BCUT2D eigenvalue weighted by molar-refractivity contribution is 0.140. The van der Waals surface area contributed by atoms with Crippen molar-refractivity contribution < 1.29 is 4.74 Å². The number of H-pyrrole nitrogens is 1. The normalized spacial score (nSPS) is 15.8. The van der Waals surface area contributed by atoms with E-state index in [1.807, 2.05) is 6.92 Å². The lowest BCUT2D eigenvalue weighted by atomic mass is 10.3. The Morgan fingerprint density at radius 3 is 3.12 bits per heavy atom. The number of aromatic amines is 1. The Bertz CT molecular complexity index is 501. The van der Waals surface area contributed by atoms with Crippen LogP contribution in [-0.4, -0.2) is 37.9 Å². The van der Waals surface area contributed by atoms with E-state index in [1.54, 1.807) is 6.33 Å². The van der Waals surface area contributed by atoms with Crippen LogP contribution in [-0.2, 0) is 17.7 Å². The van der Waals surface area contributed by atoms with Gasteiger partial charge in [0.25, 0.3) is 0 Å². The van der Waals surface area contributed by atoms with Gasteiger partial charge in [-0.05, 0) is 6.92 Å². The molecule has 84 valence electrons. The Kier molecular flexibility index (Phi) is 2.21. The number of nitrogens with one attached hydrogen (secondary N) is 1. The minimum Gasteiger partial charge on any atom is -0.379 e. The van der Waals surface area contributed by atoms with Gasteiger partial charge in [0.2, 0.25) is 0 Å². The second kappa shape index (κ2) is 3.71. The molecule has 2 aromatic rings. The van der Waals surface area contributed by atoms with Crippen LogP contribution < -0.4 is 0 Å². The van der Waals surface area contributed by atoms with Gasteiger partial charge < -0.3 is 14.3 Å². The molecule has 0 amide bonds. The van der Waals surface area contributed by atoms with E-state index in [0.717, 1.165) is 42.6 Å². The van der Waals surface area contributed by atoms with Gasteiger partial charge in [0.1, 0.15) is 11.5 Å². The number of rotatable bonds is 1. The molecule has 0 radical (unpaired) electrons. The maximum absolute atomic E-state index is 5.42. The van der Waals surface area contributed by atoms with E-state index in [2.05, 4.69) is 24.7 Å². The highest BCUT2D eigenvalue weighted by molar-refractivity contribution is 5.52. The summed E-state index contributed by atoms with van der Waals surface area (Å²) < 4.78 is 7.51. The summed E-state index contributed by atoms with van der Waals surface area (Å²) in [5, 5.41) is 8.41.